The number of hydrogen-bond acceptors (Lipinski definition) is 5. The molecule has 29 heavy (non-hydrogen) atoms. The summed E-state index contributed by atoms with van der Waals surface area (Å²) in [6.07, 6.45) is 3.11. The second-order valence-electron chi connectivity index (χ2n) is 8.32. The van der Waals surface area contributed by atoms with Crippen LogP contribution in [0.5, 0.6) is 0 Å². The number of hydrogen-bond donors (Lipinski definition) is 0. The van der Waals surface area contributed by atoms with Crippen LogP contribution in [-0.2, 0) is 6.54 Å². The van der Waals surface area contributed by atoms with Crippen LogP contribution in [-0.4, -0.2) is 40.5 Å². The molecule has 6 nitrogen and oxygen atoms in total. The zero-order valence-electron chi connectivity index (χ0n) is 16.7. The summed E-state index contributed by atoms with van der Waals surface area (Å²) in [5.41, 5.74) is 4.01. The van der Waals surface area contributed by atoms with E-state index in [0.717, 1.165) is 37.6 Å². The number of furan rings is 1. The fourth-order valence-corrected chi connectivity index (χ4v) is 5.06. The van der Waals surface area contributed by atoms with E-state index in [2.05, 4.69) is 46.1 Å². The highest BCUT2D eigenvalue weighted by Gasteiger charge is 2.49. The van der Waals surface area contributed by atoms with Gasteiger partial charge >= 0.3 is 0 Å². The number of fused-ring (bicyclic) bond motifs is 1. The maximum absolute atomic E-state index is 13.2. The van der Waals surface area contributed by atoms with Crippen LogP contribution in [0.4, 0.5) is 0 Å². The summed E-state index contributed by atoms with van der Waals surface area (Å²) in [5, 5.41) is 4.01. The molecule has 4 heterocycles. The number of aromatic nitrogens is 1. The number of amides is 1. The van der Waals surface area contributed by atoms with Gasteiger partial charge < -0.3 is 13.8 Å². The van der Waals surface area contributed by atoms with Crippen molar-refractivity contribution >= 4 is 5.91 Å². The Bertz CT molecular complexity index is 1010. The van der Waals surface area contributed by atoms with Gasteiger partial charge in [0.15, 0.2) is 5.76 Å². The minimum absolute atomic E-state index is 0.0545. The molecule has 2 aliphatic heterocycles. The Morgan fingerprint density at radius 3 is 2.76 bits per heavy atom. The summed E-state index contributed by atoms with van der Waals surface area (Å²) < 4.78 is 10.6. The third-order valence-corrected chi connectivity index (χ3v) is 6.33. The largest absolute Gasteiger partial charge is 0.472 e. The van der Waals surface area contributed by atoms with E-state index in [9.17, 15) is 4.79 Å². The highest BCUT2D eigenvalue weighted by molar-refractivity contribution is 5.94. The highest BCUT2D eigenvalue weighted by atomic mass is 16.5. The molecule has 2 fully saturated rings. The van der Waals surface area contributed by atoms with Crippen LogP contribution in [0.2, 0.25) is 0 Å². The number of aryl methyl sites for hydroxylation is 2. The van der Waals surface area contributed by atoms with E-state index in [-0.39, 0.29) is 11.9 Å². The Labute approximate surface area is 170 Å². The van der Waals surface area contributed by atoms with E-state index < -0.39 is 0 Å². The zero-order chi connectivity index (χ0) is 20.0. The molecule has 0 bridgehead atoms. The lowest BCUT2D eigenvalue weighted by molar-refractivity contribution is 0.0697. The second kappa shape index (κ2) is 7.19. The van der Waals surface area contributed by atoms with Crippen molar-refractivity contribution in [1.82, 2.24) is 15.0 Å². The third kappa shape index (κ3) is 3.27. The van der Waals surface area contributed by atoms with Gasteiger partial charge in [-0.1, -0.05) is 29.4 Å². The standard InChI is InChI=1S/C23H25N3O3/c1-15-5-3-4-6-20(15)22-21-13-25(12-19-9-16(2)24-29-19)10-18(21)11-26(22)23(27)17-7-8-28-14-17/h3-9,14,18,21-22H,10-13H2,1-2H3/t18-,21-,22+/m0/s1. The van der Waals surface area contributed by atoms with Gasteiger partial charge in [-0.3, -0.25) is 9.69 Å². The van der Waals surface area contributed by atoms with E-state index in [1.165, 1.54) is 11.1 Å². The molecule has 1 aromatic carbocycles. The number of benzene rings is 1. The van der Waals surface area contributed by atoms with Crippen LogP contribution < -0.4 is 0 Å². The highest BCUT2D eigenvalue weighted by Crippen LogP contribution is 2.46. The summed E-state index contributed by atoms with van der Waals surface area (Å²) in [6, 6.07) is 12.3. The van der Waals surface area contributed by atoms with Crippen molar-refractivity contribution in [1.29, 1.82) is 0 Å². The lowest BCUT2D eigenvalue weighted by Gasteiger charge is -2.30. The molecule has 0 aliphatic carbocycles. The molecule has 2 aromatic heterocycles. The first-order valence-electron chi connectivity index (χ1n) is 10.1. The van der Waals surface area contributed by atoms with Gasteiger partial charge in [-0.2, -0.15) is 0 Å². The number of likely N-dealkylation sites (tertiary alicyclic amines) is 2. The second-order valence-corrected chi connectivity index (χ2v) is 8.32. The summed E-state index contributed by atoms with van der Waals surface area (Å²) >= 11 is 0. The van der Waals surface area contributed by atoms with Gasteiger partial charge in [0.2, 0.25) is 0 Å². The topological polar surface area (TPSA) is 62.7 Å². The average Bonchev–Trinajstić information content (AvgIpc) is 3.47. The average molecular weight is 391 g/mol. The van der Waals surface area contributed by atoms with Gasteiger partial charge in [0.05, 0.1) is 30.1 Å². The minimum atomic E-state index is 0.0545. The van der Waals surface area contributed by atoms with Crippen molar-refractivity contribution in [3.05, 3.63) is 77.1 Å². The maximum Gasteiger partial charge on any atom is 0.257 e. The molecule has 150 valence electrons. The Kier molecular flexibility index (Phi) is 4.51. The molecule has 2 aliphatic rings. The number of carbonyl (C=O) groups excluding carboxylic acids is 1. The summed E-state index contributed by atoms with van der Waals surface area (Å²) in [7, 11) is 0. The number of carbonyl (C=O) groups is 1. The number of rotatable bonds is 4. The van der Waals surface area contributed by atoms with Gasteiger partial charge in [-0.15, -0.1) is 0 Å². The Balaban J connectivity index is 1.43. The molecule has 6 heteroatoms. The number of nitrogens with zero attached hydrogens (tertiary/aromatic N) is 3. The summed E-state index contributed by atoms with van der Waals surface area (Å²) in [5.74, 6) is 1.80. The molecule has 0 spiro atoms. The van der Waals surface area contributed by atoms with Gasteiger partial charge in [-0.05, 0) is 37.0 Å². The SMILES string of the molecule is Cc1cc(CN2C[C@H]3CN(C(=O)c4ccoc4)[C@H](c4ccccc4C)[C@H]3C2)on1. The van der Waals surface area contributed by atoms with Crippen LogP contribution in [0.3, 0.4) is 0 Å². The predicted octanol–water partition coefficient (Wildman–Crippen LogP) is 3.83. The molecular formula is C23H25N3O3. The lowest BCUT2D eigenvalue weighted by atomic mass is 9.87. The van der Waals surface area contributed by atoms with E-state index in [4.69, 9.17) is 8.94 Å². The fraction of sp³-hybridized carbons (Fsp3) is 0.391. The van der Waals surface area contributed by atoms with E-state index in [0.29, 0.717) is 17.4 Å². The van der Waals surface area contributed by atoms with Crippen molar-refractivity contribution in [2.75, 3.05) is 19.6 Å². The van der Waals surface area contributed by atoms with Gasteiger partial charge in [0.25, 0.3) is 5.91 Å². The van der Waals surface area contributed by atoms with Gasteiger partial charge in [0, 0.05) is 31.6 Å². The van der Waals surface area contributed by atoms with Crippen LogP contribution in [0.1, 0.15) is 39.0 Å². The molecule has 0 saturated carbocycles. The summed E-state index contributed by atoms with van der Waals surface area (Å²) in [4.78, 5) is 17.7. The quantitative estimate of drug-likeness (QED) is 0.676. The normalized spacial score (nSPS) is 24.2. The predicted molar refractivity (Wildman–Crippen MR) is 107 cm³/mol. The van der Waals surface area contributed by atoms with Crippen molar-refractivity contribution in [3.63, 3.8) is 0 Å². The molecule has 0 unspecified atom stereocenters. The molecular weight excluding hydrogens is 366 g/mol. The molecule has 1 amide bonds. The Morgan fingerprint density at radius 2 is 2.03 bits per heavy atom. The molecule has 3 aromatic rings. The molecule has 3 atom stereocenters. The fourth-order valence-electron chi connectivity index (χ4n) is 5.06. The van der Waals surface area contributed by atoms with Crippen LogP contribution in [0.15, 0.2) is 57.9 Å². The van der Waals surface area contributed by atoms with Crippen LogP contribution >= 0.6 is 0 Å². The third-order valence-electron chi connectivity index (χ3n) is 6.33. The first kappa shape index (κ1) is 18.2. The van der Waals surface area contributed by atoms with Crippen molar-refractivity contribution < 1.29 is 13.7 Å². The molecule has 0 N–H and O–H groups in total. The van der Waals surface area contributed by atoms with Crippen molar-refractivity contribution in [3.8, 4) is 0 Å². The Morgan fingerprint density at radius 1 is 1.17 bits per heavy atom. The lowest BCUT2D eigenvalue weighted by Crippen LogP contribution is -2.35. The van der Waals surface area contributed by atoms with Crippen LogP contribution in [0, 0.1) is 25.7 Å². The smallest absolute Gasteiger partial charge is 0.257 e. The first-order valence-corrected chi connectivity index (χ1v) is 10.1. The molecule has 0 radical (unpaired) electrons. The van der Waals surface area contributed by atoms with Gasteiger partial charge in [0.1, 0.15) is 6.26 Å². The summed E-state index contributed by atoms with van der Waals surface area (Å²) in [6.45, 7) is 7.51. The molecule has 5 rings (SSSR count). The maximum atomic E-state index is 13.2. The minimum Gasteiger partial charge on any atom is -0.472 e. The van der Waals surface area contributed by atoms with Crippen LogP contribution in [0.25, 0.3) is 0 Å². The van der Waals surface area contributed by atoms with E-state index in [1.807, 2.05) is 13.0 Å². The zero-order valence-corrected chi connectivity index (χ0v) is 16.7. The van der Waals surface area contributed by atoms with E-state index >= 15 is 0 Å². The van der Waals surface area contributed by atoms with Gasteiger partial charge in [-0.25, -0.2) is 0 Å². The van der Waals surface area contributed by atoms with E-state index in [1.54, 1.807) is 18.6 Å². The first-order chi connectivity index (χ1) is 14.1. The Hall–Kier alpha value is -2.86. The molecule has 2 saturated heterocycles. The van der Waals surface area contributed by atoms with Crippen molar-refractivity contribution in [2.24, 2.45) is 11.8 Å². The monoisotopic (exact) mass is 391 g/mol. The van der Waals surface area contributed by atoms with Crippen molar-refractivity contribution in [2.45, 2.75) is 26.4 Å².